The highest BCUT2D eigenvalue weighted by molar-refractivity contribution is 6.20. The Morgan fingerprint density at radius 2 is 2.16 bits per heavy atom. The Bertz CT molecular complexity index is 447. The van der Waals surface area contributed by atoms with Crippen LogP contribution in [0.3, 0.4) is 0 Å². The van der Waals surface area contributed by atoms with Crippen molar-refractivity contribution < 1.29 is 4.79 Å². The molecule has 1 aromatic rings. The summed E-state index contributed by atoms with van der Waals surface area (Å²) in [5.41, 5.74) is 2.18. The van der Waals surface area contributed by atoms with Gasteiger partial charge in [-0.3, -0.25) is 9.78 Å². The first-order valence-corrected chi connectivity index (χ1v) is 7.06. The van der Waals surface area contributed by atoms with Crippen molar-refractivity contribution in [1.82, 2.24) is 10.3 Å². The van der Waals surface area contributed by atoms with Crippen LogP contribution < -0.4 is 5.32 Å². The Labute approximate surface area is 119 Å². The summed E-state index contributed by atoms with van der Waals surface area (Å²) >= 11 is 6.09. The minimum Gasteiger partial charge on any atom is -0.352 e. The van der Waals surface area contributed by atoms with E-state index in [-0.39, 0.29) is 17.2 Å². The maximum Gasteiger partial charge on any atom is 0.220 e. The highest BCUT2D eigenvalue weighted by atomic mass is 35.5. The third-order valence-corrected chi connectivity index (χ3v) is 3.93. The fourth-order valence-corrected chi connectivity index (χ4v) is 2.71. The molecule has 1 aromatic heterocycles. The van der Waals surface area contributed by atoms with Crippen molar-refractivity contribution in [3.63, 3.8) is 0 Å². The van der Waals surface area contributed by atoms with Gasteiger partial charge in [-0.25, -0.2) is 0 Å². The van der Waals surface area contributed by atoms with Crippen molar-refractivity contribution >= 4 is 17.5 Å². The summed E-state index contributed by atoms with van der Waals surface area (Å²) in [6.45, 7) is 4.60. The van der Waals surface area contributed by atoms with Gasteiger partial charge in [-0.05, 0) is 42.9 Å². The lowest BCUT2D eigenvalue weighted by Gasteiger charge is -2.27. The van der Waals surface area contributed by atoms with E-state index in [1.165, 1.54) is 0 Å². The summed E-state index contributed by atoms with van der Waals surface area (Å²) in [7, 11) is 0. The second-order valence-electron chi connectivity index (χ2n) is 5.07. The third-order valence-electron chi connectivity index (χ3n) is 3.56. The van der Waals surface area contributed by atoms with Crippen molar-refractivity contribution in [2.45, 2.75) is 37.6 Å². The second kappa shape index (κ2) is 6.71. The van der Waals surface area contributed by atoms with Gasteiger partial charge in [-0.15, -0.1) is 11.6 Å². The molecule has 1 fully saturated rings. The second-order valence-corrected chi connectivity index (χ2v) is 5.69. The van der Waals surface area contributed by atoms with Crippen molar-refractivity contribution in [1.29, 1.82) is 0 Å². The quantitative estimate of drug-likeness (QED) is 0.679. The summed E-state index contributed by atoms with van der Waals surface area (Å²) in [4.78, 5) is 15.9. The van der Waals surface area contributed by atoms with Gasteiger partial charge in [-0.1, -0.05) is 12.2 Å². The highest BCUT2D eigenvalue weighted by Crippen LogP contribution is 2.33. The number of pyridine rings is 1. The van der Waals surface area contributed by atoms with E-state index in [4.69, 9.17) is 11.6 Å². The maximum absolute atomic E-state index is 11.9. The van der Waals surface area contributed by atoms with Gasteiger partial charge in [0.2, 0.25) is 5.91 Å². The molecular formula is C15H19ClN2O. The third kappa shape index (κ3) is 4.35. The van der Waals surface area contributed by atoms with E-state index >= 15 is 0 Å². The number of hydrogen-bond acceptors (Lipinski definition) is 2. The summed E-state index contributed by atoms with van der Waals surface area (Å²) in [6.07, 6.45) is 6.76. The van der Waals surface area contributed by atoms with Crippen LogP contribution in [-0.2, 0) is 11.3 Å². The number of hydrogen-bond donors (Lipinski definition) is 1. The largest absolute Gasteiger partial charge is 0.352 e. The molecule has 1 amide bonds. The molecule has 102 valence electrons. The molecule has 1 aliphatic carbocycles. The molecule has 2 rings (SSSR count). The standard InChI is InChI=1S/C15H19ClN2O/c1-11-8-14(16)3-2-13(11)9-15(19)18-10-12-4-6-17-7-5-12/h4-7,13-14H,1-3,8-10H2,(H,18,19). The van der Waals surface area contributed by atoms with E-state index in [0.717, 1.165) is 30.4 Å². The van der Waals surface area contributed by atoms with E-state index < -0.39 is 0 Å². The van der Waals surface area contributed by atoms with Crippen molar-refractivity contribution in [2.75, 3.05) is 0 Å². The van der Waals surface area contributed by atoms with Crippen LogP contribution >= 0.6 is 11.6 Å². The first kappa shape index (κ1) is 14.1. The number of carbonyl (C=O) groups excluding carboxylic acids is 1. The predicted molar refractivity (Wildman–Crippen MR) is 76.8 cm³/mol. The Hall–Kier alpha value is -1.35. The molecule has 1 N–H and O–H groups in total. The van der Waals surface area contributed by atoms with Crippen molar-refractivity contribution in [2.24, 2.45) is 5.92 Å². The summed E-state index contributed by atoms with van der Waals surface area (Å²) in [5.74, 6) is 0.364. The topological polar surface area (TPSA) is 42.0 Å². The molecule has 1 saturated carbocycles. The molecule has 1 aliphatic rings. The van der Waals surface area contributed by atoms with Crippen LogP contribution in [0, 0.1) is 5.92 Å². The van der Waals surface area contributed by atoms with Crippen LogP contribution in [0.2, 0.25) is 0 Å². The summed E-state index contributed by atoms with van der Waals surface area (Å²) in [6, 6.07) is 3.80. The van der Waals surface area contributed by atoms with Gasteiger partial charge in [0.25, 0.3) is 0 Å². The molecule has 19 heavy (non-hydrogen) atoms. The molecule has 2 atom stereocenters. The highest BCUT2D eigenvalue weighted by Gasteiger charge is 2.24. The molecule has 0 saturated heterocycles. The SMILES string of the molecule is C=C1CC(Cl)CCC1CC(=O)NCc1ccncc1. The monoisotopic (exact) mass is 278 g/mol. The molecule has 0 spiro atoms. The number of aromatic nitrogens is 1. The Morgan fingerprint density at radius 3 is 2.84 bits per heavy atom. The lowest BCUT2D eigenvalue weighted by atomic mass is 9.83. The number of halogens is 1. The number of nitrogens with one attached hydrogen (secondary N) is 1. The van der Waals surface area contributed by atoms with E-state index in [0.29, 0.717) is 13.0 Å². The first-order chi connectivity index (χ1) is 9.15. The minimum absolute atomic E-state index is 0.0796. The number of allylic oxidation sites excluding steroid dienone is 1. The normalized spacial score (nSPS) is 23.1. The first-order valence-electron chi connectivity index (χ1n) is 6.62. The minimum atomic E-state index is 0.0796. The van der Waals surface area contributed by atoms with Crippen LogP contribution in [0.4, 0.5) is 0 Å². The average Bonchev–Trinajstić information content (AvgIpc) is 2.41. The van der Waals surface area contributed by atoms with Gasteiger partial charge < -0.3 is 5.32 Å². The molecule has 0 aliphatic heterocycles. The fourth-order valence-electron chi connectivity index (χ4n) is 2.38. The summed E-state index contributed by atoms with van der Waals surface area (Å²) < 4.78 is 0. The number of amides is 1. The average molecular weight is 279 g/mol. The smallest absolute Gasteiger partial charge is 0.220 e. The molecule has 0 aromatic carbocycles. The van der Waals surface area contributed by atoms with Gasteiger partial charge in [0.1, 0.15) is 0 Å². The predicted octanol–water partition coefficient (Wildman–Crippen LogP) is 3.05. The van der Waals surface area contributed by atoms with Crippen LogP contribution in [-0.4, -0.2) is 16.3 Å². The maximum atomic E-state index is 11.9. The van der Waals surface area contributed by atoms with Gasteiger partial charge in [0.05, 0.1) is 0 Å². The zero-order valence-corrected chi connectivity index (χ0v) is 11.7. The summed E-state index contributed by atoms with van der Waals surface area (Å²) in [5, 5.41) is 3.14. The molecule has 4 heteroatoms. The van der Waals surface area contributed by atoms with Crippen LogP contribution in [0.15, 0.2) is 36.7 Å². The van der Waals surface area contributed by atoms with Gasteiger partial charge >= 0.3 is 0 Å². The molecule has 3 nitrogen and oxygen atoms in total. The zero-order chi connectivity index (χ0) is 13.7. The van der Waals surface area contributed by atoms with Gasteiger partial charge in [-0.2, -0.15) is 0 Å². The lowest BCUT2D eigenvalue weighted by Crippen LogP contribution is -2.27. The molecule has 0 bridgehead atoms. The van der Waals surface area contributed by atoms with Crippen LogP contribution in [0.1, 0.15) is 31.2 Å². The Balaban J connectivity index is 1.77. The molecule has 0 radical (unpaired) electrons. The van der Waals surface area contributed by atoms with Crippen molar-refractivity contribution in [3.8, 4) is 0 Å². The number of nitrogens with zero attached hydrogens (tertiary/aromatic N) is 1. The van der Waals surface area contributed by atoms with E-state index in [9.17, 15) is 4.79 Å². The lowest BCUT2D eigenvalue weighted by molar-refractivity contribution is -0.122. The number of carbonyl (C=O) groups is 1. The molecular weight excluding hydrogens is 260 g/mol. The molecule has 1 heterocycles. The van der Waals surface area contributed by atoms with Crippen LogP contribution in [0.5, 0.6) is 0 Å². The molecule has 2 unspecified atom stereocenters. The van der Waals surface area contributed by atoms with Gasteiger partial charge in [0, 0.05) is 30.7 Å². The van der Waals surface area contributed by atoms with E-state index in [2.05, 4.69) is 16.9 Å². The zero-order valence-electron chi connectivity index (χ0n) is 10.9. The van der Waals surface area contributed by atoms with Crippen LogP contribution in [0.25, 0.3) is 0 Å². The van der Waals surface area contributed by atoms with E-state index in [1.54, 1.807) is 12.4 Å². The van der Waals surface area contributed by atoms with E-state index in [1.807, 2.05) is 12.1 Å². The Kier molecular flexibility index (Phi) is 4.97. The fraction of sp³-hybridized carbons (Fsp3) is 0.467. The van der Waals surface area contributed by atoms with Crippen molar-refractivity contribution in [3.05, 3.63) is 42.2 Å². The Morgan fingerprint density at radius 1 is 1.42 bits per heavy atom. The number of alkyl halides is 1. The van der Waals surface area contributed by atoms with Gasteiger partial charge in [0.15, 0.2) is 0 Å². The number of rotatable bonds is 4.